The van der Waals surface area contributed by atoms with Crippen molar-refractivity contribution in [2.45, 2.75) is 70.9 Å². The van der Waals surface area contributed by atoms with Crippen LogP contribution in [0, 0.1) is 11.3 Å². The number of nitrogens with zero attached hydrogens (tertiary/aromatic N) is 1. The van der Waals surface area contributed by atoms with Crippen LogP contribution in [-0.4, -0.2) is 48.8 Å². The van der Waals surface area contributed by atoms with Crippen molar-refractivity contribution in [1.82, 2.24) is 10.2 Å². The summed E-state index contributed by atoms with van der Waals surface area (Å²) in [4.78, 5) is 2.59. The van der Waals surface area contributed by atoms with Gasteiger partial charge in [-0.05, 0) is 50.6 Å². The molecule has 3 atom stereocenters. The van der Waals surface area contributed by atoms with E-state index < -0.39 is 0 Å². The van der Waals surface area contributed by atoms with Crippen LogP contribution in [0.25, 0.3) is 0 Å². The molecule has 3 heteroatoms. The van der Waals surface area contributed by atoms with E-state index in [1.165, 1.54) is 58.0 Å². The molecule has 0 aromatic rings. The van der Waals surface area contributed by atoms with Gasteiger partial charge in [-0.25, -0.2) is 0 Å². The van der Waals surface area contributed by atoms with Gasteiger partial charge in [0.1, 0.15) is 0 Å². The van der Waals surface area contributed by atoms with Gasteiger partial charge >= 0.3 is 0 Å². The highest BCUT2D eigenvalue weighted by Crippen LogP contribution is 2.39. The highest BCUT2D eigenvalue weighted by Gasteiger charge is 2.39. The van der Waals surface area contributed by atoms with E-state index in [9.17, 15) is 5.11 Å². The number of likely N-dealkylation sites (tertiary alicyclic amines) is 1. The Morgan fingerprint density at radius 1 is 1.15 bits per heavy atom. The number of rotatable bonds is 4. The number of nitrogens with one attached hydrogen (secondary N) is 1. The zero-order valence-electron chi connectivity index (χ0n) is 13.7. The summed E-state index contributed by atoms with van der Waals surface area (Å²) in [6.45, 7) is 7.50. The van der Waals surface area contributed by atoms with E-state index in [0.29, 0.717) is 24.1 Å². The molecule has 0 amide bonds. The summed E-state index contributed by atoms with van der Waals surface area (Å²) in [6, 6.07) is 1.01. The van der Waals surface area contributed by atoms with Gasteiger partial charge in [-0.15, -0.1) is 0 Å². The third-order valence-electron chi connectivity index (χ3n) is 5.70. The molecule has 0 aromatic heterocycles. The van der Waals surface area contributed by atoms with Gasteiger partial charge in [0, 0.05) is 18.6 Å². The molecule has 1 aliphatic carbocycles. The SMILES string of the molecule is CNC1C(CN2CCCCCC2CO)CCCC1(C)C. The van der Waals surface area contributed by atoms with E-state index in [2.05, 4.69) is 31.1 Å². The van der Waals surface area contributed by atoms with Gasteiger partial charge in [-0.2, -0.15) is 0 Å². The smallest absolute Gasteiger partial charge is 0.0586 e. The number of aliphatic hydroxyl groups excluding tert-OH is 1. The van der Waals surface area contributed by atoms with Crippen LogP contribution in [0.1, 0.15) is 58.8 Å². The second-order valence-corrected chi connectivity index (χ2v) is 7.59. The van der Waals surface area contributed by atoms with E-state index in [4.69, 9.17) is 0 Å². The van der Waals surface area contributed by atoms with E-state index in [-0.39, 0.29) is 0 Å². The first-order chi connectivity index (χ1) is 9.58. The summed E-state index contributed by atoms with van der Waals surface area (Å²) in [7, 11) is 2.12. The lowest BCUT2D eigenvalue weighted by Gasteiger charge is -2.46. The van der Waals surface area contributed by atoms with Crippen molar-refractivity contribution >= 4 is 0 Å². The van der Waals surface area contributed by atoms with Gasteiger partial charge in [0.05, 0.1) is 6.61 Å². The van der Waals surface area contributed by atoms with Crippen LogP contribution >= 0.6 is 0 Å². The molecule has 1 saturated carbocycles. The van der Waals surface area contributed by atoms with Crippen molar-refractivity contribution in [3.8, 4) is 0 Å². The Labute approximate surface area is 125 Å². The van der Waals surface area contributed by atoms with Crippen LogP contribution in [0.15, 0.2) is 0 Å². The molecule has 3 nitrogen and oxygen atoms in total. The highest BCUT2D eigenvalue weighted by molar-refractivity contribution is 4.94. The molecule has 1 heterocycles. The fourth-order valence-electron chi connectivity index (χ4n) is 4.59. The summed E-state index contributed by atoms with van der Waals surface area (Å²) in [5, 5.41) is 13.3. The van der Waals surface area contributed by atoms with Crippen LogP contribution in [0.3, 0.4) is 0 Å². The summed E-state index contributed by atoms with van der Waals surface area (Å²) in [5.74, 6) is 0.732. The Hall–Kier alpha value is -0.120. The maximum atomic E-state index is 9.68. The second-order valence-electron chi connectivity index (χ2n) is 7.59. The minimum atomic E-state index is 0.334. The fourth-order valence-corrected chi connectivity index (χ4v) is 4.59. The van der Waals surface area contributed by atoms with Crippen LogP contribution in [0.5, 0.6) is 0 Å². The molecule has 0 aromatic carbocycles. The quantitative estimate of drug-likeness (QED) is 0.832. The van der Waals surface area contributed by atoms with Crippen molar-refractivity contribution in [2.24, 2.45) is 11.3 Å². The second kappa shape index (κ2) is 7.24. The largest absolute Gasteiger partial charge is 0.395 e. The molecule has 2 fully saturated rings. The van der Waals surface area contributed by atoms with Gasteiger partial charge in [0.15, 0.2) is 0 Å². The lowest BCUT2D eigenvalue weighted by atomic mass is 9.67. The van der Waals surface area contributed by atoms with Crippen molar-refractivity contribution in [2.75, 3.05) is 26.7 Å². The summed E-state index contributed by atoms with van der Waals surface area (Å²) < 4.78 is 0. The van der Waals surface area contributed by atoms with Crippen molar-refractivity contribution in [3.05, 3.63) is 0 Å². The van der Waals surface area contributed by atoms with Crippen molar-refractivity contribution < 1.29 is 5.11 Å². The van der Waals surface area contributed by atoms with Crippen molar-refractivity contribution in [3.63, 3.8) is 0 Å². The third kappa shape index (κ3) is 3.75. The highest BCUT2D eigenvalue weighted by atomic mass is 16.3. The fraction of sp³-hybridized carbons (Fsp3) is 1.00. The number of aliphatic hydroxyl groups is 1. The molecule has 2 aliphatic rings. The molecule has 118 valence electrons. The van der Waals surface area contributed by atoms with Gasteiger partial charge in [0.2, 0.25) is 0 Å². The summed E-state index contributed by atoms with van der Waals surface area (Å²) in [5.41, 5.74) is 0.401. The Kier molecular flexibility index (Phi) is 5.88. The molecule has 2 rings (SSSR count). The first-order valence-corrected chi connectivity index (χ1v) is 8.60. The standard InChI is InChI=1S/C17H34N2O/c1-17(2)10-7-8-14(16(17)18-3)12-19-11-6-4-5-9-15(19)13-20/h14-16,18,20H,4-13H2,1-3H3. The number of hydrogen-bond donors (Lipinski definition) is 2. The Morgan fingerprint density at radius 2 is 1.95 bits per heavy atom. The Bertz CT molecular complexity index is 293. The first-order valence-electron chi connectivity index (χ1n) is 8.60. The summed E-state index contributed by atoms with van der Waals surface area (Å²) >= 11 is 0. The van der Waals surface area contributed by atoms with Crippen molar-refractivity contribution in [1.29, 1.82) is 0 Å². The van der Waals surface area contributed by atoms with Crippen LogP contribution in [-0.2, 0) is 0 Å². The maximum absolute atomic E-state index is 9.68. The van der Waals surface area contributed by atoms with Crippen LogP contribution < -0.4 is 5.32 Å². The molecule has 0 bridgehead atoms. The maximum Gasteiger partial charge on any atom is 0.0586 e. The zero-order valence-corrected chi connectivity index (χ0v) is 13.7. The molecule has 0 radical (unpaired) electrons. The lowest BCUT2D eigenvalue weighted by molar-refractivity contribution is 0.0536. The van der Waals surface area contributed by atoms with E-state index in [1.54, 1.807) is 0 Å². The topological polar surface area (TPSA) is 35.5 Å². The van der Waals surface area contributed by atoms with Gasteiger partial charge in [0.25, 0.3) is 0 Å². The Balaban J connectivity index is 2.02. The minimum absolute atomic E-state index is 0.334. The number of hydrogen-bond acceptors (Lipinski definition) is 3. The molecule has 1 saturated heterocycles. The molecular weight excluding hydrogens is 248 g/mol. The molecule has 20 heavy (non-hydrogen) atoms. The predicted molar refractivity (Wildman–Crippen MR) is 84.9 cm³/mol. The van der Waals surface area contributed by atoms with Gasteiger partial charge < -0.3 is 10.4 Å². The molecule has 3 unspecified atom stereocenters. The molecule has 2 N–H and O–H groups in total. The minimum Gasteiger partial charge on any atom is -0.395 e. The lowest BCUT2D eigenvalue weighted by Crippen LogP contribution is -2.53. The predicted octanol–water partition coefficient (Wildman–Crippen LogP) is 2.64. The molecule has 1 aliphatic heterocycles. The van der Waals surface area contributed by atoms with E-state index in [0.717, 1.165) is 5.92 Å². The van der Waals surface area contributed by atoms with E-state index >= 15 is 0 Å². The first kappa shape index (κ1) is 16.3. The zero-order chi connectivity index (χ0) is 14.6. The third-order valence-corrected chi connectivity index (χ3v) is 5.70. The molecule has 0 spiro atoms. The van der Waals surface area contributed by atoms with E-state index in [1.807, 2.05) is 0 Å². The Morgan fingerprint density at radius 3 is 2.65 bits per heavy atom. The average Bonchev–Trinajstić information content (AvgIpc) is 2.63. The van der Waals surface area contributed by atoms with Crippen LogP contribution in [0.4, 0.5) is 0 Å². The molecular formula is C17H34N2O. The van der Waals surface area contributed by atoms with Gasteiger partial charge in [-0.3, -0.25) is 4.90 Å². The normalized spacial score (nSPS) is 35.7. The summed E-state index contributed by atoms with van der Waals surface area (Å²) in [6.07, 6.45) is 9.12. The average molecular weight is 282 g/mol. The van der Waals surface area contributed by atoms with Crippen LogP contribution in [0.2, 0.25) is 0 Å². The van der Waals surface area contributed by atoms with Gasteiger partial charge in [-0.1, -0.05) is 33.1 Å². The monoisotopic (exact) mass is 282 g/mol.